The van der Waals surface area contributed by atoms with Gasteiger partial charge in [-0.2, -0.15) is 0 Å². The van der Waals surface area contributed by atoms with E-state index in [9.17, 15) is 9.59 Å². The molecule has 0 radical (unpaired) electrons. The fourth-order valence-corrected chi connectivity index (χ4v) is 0.821. The Hall–Kier alpha value is -1.10. The first kappa shape index (κ1) is 10.9. The molecule has 0 rings (SSSR count). The van der Waals surface area contributed by atoms with Gasteiger partial charge in [0.2, 0.25) is 5.91 Å². The number of primary amides is 1. The minimum Gasteiger partial charge on any atom is -0.480 e. The van der Waals surface area contributed by atoms with Crippen LogP contribution < -0.4 is 11.1 Å². The number of carbonyl (C=O) groups excluding carboxylic acids is 1. The van der Waals surface area contributed by atoms with E-state index in [0.717, 1.165) is 0 Å². The van der Waals surface area contributed by atoms with Crippen LogP contribution in [0.5, 0.6) is 0 Å². The number of carbonyl (C=O) groups is 2. The molecule has 0 spiro atoms. The van der Waals surface area contributed by atoms with Crippen LogP contribution in [0.25, 0.3) is 0 Å². The number of nitrogens with one attached hydrogen (secondary N) is 1. The number of amides is 1. The van der Waals surface area contributed by atoms with Gasteiger partial charge in [0.05, 0.1) is 6.42 Å². The molecule has 0 aliphatic heterocycles. The number of hydrogen-bond acceptors (Lipinski definition) is 3. The minimum absolute atomic E-state index is 0.0189. The molecule has 0 aromatic heterocycles. The lowest BCUT2D eigenvalue weighted by Crippen LogP contribution is -2.43. The molecule has 5 heteroatoms. The van der Waals surface area contributed by atoms with Crippen molar-refractivity contribution in [2.24, 2.45) is 5.73 Å². The van der Waals surface area contributed by atoms with Crippen LogP contribution in [0.4, 0.5) is 0 Å². The third kappa shape index (κ3) is 4.68. The number of rotatable bonds is 5. The molecular formula is C7H14N2O3. The zero-order chi connectivity index (χ0) is 9.72. The number of hydrogen-bond donors (Lipinski definition) is 3. The quantitative estimate of drug-likeness (QED) is 0.514. The van der Waals surface area contributed by atoms with Crippen molar-refractivity contribution >= 4 is 11.9 Å². The van der Waals surface area contributed by atoms with Crippen molar-refractivity contribution in [3.63, 3.8) is 0 Å². The second kappa shape index (κ2) is 4.71. The predicted molar refractivity (Wildman–Crippen MR) is 43.5 cm³/mol. The second-order valence-electron chi connectivity index (χ2n) is 2.88. The van der Waals surface area contributed by atoms with Crippen LogP contribution in [0.2, 0.25) is 0 Å². The molecule has 1 amide bonds. The molecule has 12 heavy (non-hydrogen) atoms. The molecule has 0 saturated carbocycles. The first-order valence-electron chi connectivity index (χ1n) is 3.70. The molecule has 0 fully saturated rings. The summed E-state index contributed by atoms with van der Waals surface area (Å²) in [6.07, 6.45) is -0.173. The summed E-state index contributed by atoms with van der Waals surface area (Å²) < 4.78 is 0. The first-order chi connectivity index (χ1) is 5.43. The molecule has 4 N–H and O–H groups in total. The standard InChI is InChI=1S/C7H14N2O3/c1-4(2)9-5(7(11)12)3-6(8)10/h4-5,9H,3H2,1-2H3,(H2,8,10)(H,11,12)/t5-/m0/s1. The van der Waals surface area contributed by atoms with Gasteiger partial charge in [-0.05, 0) is 0 Å². The zero-order valence-corrected chi connectivity index (χ0v) is 7.20. The molecule has 1 atom stereocenters. The Kier molecular flexibility index (Phi) is 4.28. The fourth-order valence-electron chi connectivity index (χ4n) is 0.821. The Bertz CT molecular complexity index is 179. The number of carboxylic acid groups (broad SMARTS) is 1. The fraction of sp³-hybridized carbons (Fsp3) is 0.714. The summed E-state index contributed by atoms with van der Waals surface area (Å²) in [5.41, 5.74) is 4.86. The lowest BCUT2D eigenvalue weighted by Gasteiger charge is -2.15. The van der Waals surface area contributed by atoms with Crippen LogP contribution in [0, 0.1) is 0 Å². The van der Waals surface area contributed by atoms with E-state index in [0.29, 0.717) is 0 Å². The maximum absolute atomic E-state index is 10.5. The molecular weight excluding hydrogens is 160 g/mol. The van der Waals surface area contributed by atoms with Crippen molar-refractivity contribution in [2.75, 3.05) is 0 Å². The second-order valence-corrected chi connectivity index (χ2v) is 2.88. The summed E-state index contributed by atoms with van der Waals surface area (Å²) >= 11 is 0. The summed E-state index contributed by atoms with van der Waals surface area (Å²) in [6.45, 7) is 3.61. The summed E-state index contributed by atoms with van der Waals surface area (Å²) in [7, 11) is 0. The third-order valence-electron chi connectivity index (χ3n) is 1.24. The molecule has 0 aromatic rings. The maximum atomic E-state index is 10.5. The van der Waals surface area contributed by atoms with Gasteiger partial charge in [-0.15, -0.1) is 0 Å². The van der Waals surface area contributed by atoms with E-state index < -0.39 is 17.9 Å². The molecule has 0 heterocycles. The van der Waals surface area contributed by atoms with Crippen molar-refractivity contribution < 1.29 is 14.7 Å². The van der Waals surface area contributed by atoms with Crippen molar-refractivity contribution in [3.05, 3.63) is 0 Å². The summed E-state index contributed by atoms with van der Waals surface area (Å²) in [6, 6.07) is -0.854. The van der Waals surface area contributed by atoms with E-state index in [1.807, 2.05) is 0 Å². The van der Waals surface area contributed by atoms with Gasteiger partial charge in [0.1, 0.15) is 6.04 Å². The van der Waals surface area contributed by atoms with E-state index in [2.05, 4.69) is 5.32 Å². The van der Waals surface area contributed by atoms with Gasteiger partial charge < -0.3 is 16.2 Å². The highest BCUT2D eigenvalue weighted by molar-refractivity contribution is 5.83. The van der Waals surface area contributed by atoms with E-state index in [1.165, 1.54) is 0 Å². The van der Waals surface area contributed by atoms with E-state index in [4.69, 9.17) is 10.8 Å². The summed E-state index contributed by atoms with van der Waals surface area (Å²) in [5.74, 6) is -1.67. The average molecular weight is 174 g/mol. The van der Waals surface area contributed by atoms with Crippen LogP contribution in [0.3, 0.4) is 0 Å². The van der Waals surface area contributed by atoms with Crippen molar-refractivity contribution in [1.82, 2.24) is 5.32 Å². The maximum Gasteiger partial charge on any atom is 0.321 e. The van der Waals surface area contributed by atoms with Crippen molar-refractivity contribution in [1.29, 1.82) is 0 Å². The molecule has 0 saturated heterocycles. The number of carboxylic acids is 1. The minimum atomic E-state index is -1.05. The van der Waals surface area contributed by atoms with Gasteiger partial charge in [-0.25, -0.2) is 0 Å². The van der Waals surface area contributed by atoms with Gasteiger partial charge in [0.25, 0.3) is 0 Å². The van der Waals surface area contributed by atoms with E-state index in [1.54, 1.807) is 13.8 Å². The zero-order valence-electron chi connectivity index (χ0n) is 7.20. The highest BCUT2D eigenvalue weighted by Gasteiger charge is 2.19. The van der Waals surface area contributed by atoms with Crippen molar-refractivity contribution in [2.45, 2.75) is 32.4 Å². The highest BCUT2D eigenvalue weighted by Crippen LogP contribution is 1.93. The smallest absolute Gasteiger partial charge is 0.321 e. The van der Waals surface area contributed by atoms with Gasteiger partial charge in [-0.1, -0.05) is 13.8 Å². The Morgan fingerprint density at radius 3 is 2.25 bits per heavy atom. The number of nitrogens with two attached hydrogens (primary N) is 1. The van der Waals surface area contributed by atoms with Crippen LogP contribution in [-0.2, 0) is 9.59 Å². The van der Waals surface area contributed by atoms with Gasteiger partial charge >= 0.3 is 5.97 Å². The summed E-state index contributed by atoms with van der Waals surface area (Å²) in [5, 5.41) is 11.3. The highest BCUT2D eigenvalue weighted by atomic mass is 16.4. The Morgan fingerprint density at radius 2 is 2.00 bits per heavy atom. The molecule has 5 nitrogen and oxygen atoms in total. The van der Waals surface area contributed by atoms with Gasteiger partial charge in [-0.3, -0.25) is 9.59 Å². The Morgan fingerprint density at radius 1 is 1.50 bits per heavy atom. The average Bonchev–Trinajstić information content (AvgIpc) is 1.83. The molecule has 0 bridgehead atoms. The molecule has 0 aromatic carbocycles. The SMILES string of the molecule is CC(C)N[C@@H](CC(N)=O)C(=O)O. The molecule has 0 aliphatic rings. The van der Waals surface area contributed by atoms with E-state index >= 15 is 0 Å². The lowest BCUT2D eigenvalue weighted by atomic mass is 10.2. The van der Waals surface area contributed by atoms with Crippen molar-refractivity contribution in [3.8, 4) is 0 Å². The Labute approximate surface area is 70.9 Å². The molecule has 0 aliphatic carbocycles. The van der Waals surface area contributed by atoms with Gasteiger partial charge in [0.15, 0.2) is 0 Å². The topological polar surface area (TPSA) is 92.4 Å². The van der Waals surface area contributed by atoms with Crippen LogP contribution in [0.1, 0.15) is 20.3 Å². The normalized spacial score (nSPS) is 12.9. The van der Waals surface area contributed by atoms with Crippen LogP contribution >= 0.6 is 0 Å². The predicted octanol–water partition coefficient (Wildman–Crippen LogP) is -0.687. The van der Waals surface area contributed by atoms with Crippen LogP contribution in [-0.4, -0.2) is 29.1 Å². The van der Waals surface area contributed by atoms with E-state index in [-0.39, 0.29) is 12.5 Å². The molecule has 0 unspecified atom stereocenters. The first-order valence-corrected chi connectivity index (χ1v) is 3.70. The third-order valence-corrected chi connectivity index (χ3v) is 1.24. The summed E-state index contributed by atoms with van der Waals surface area (Å²) in [4.78, 5) is 20.9. The Balaban J connectivity index is 4.04. The lowest BCUT2D eigenvalue weighted by molar-refractivity contribution is -0.141. The monoisotopic (exact) mass is 174 g/mol. The van der Waals surface area contributed by atoms with Crippen LogP contribution in [0.15, 0.2) is 0 Å². The number of aliphatic carboxylic acids is 1. The largest absolute Gasteiger partial charge is 0.480 e. The van der Waals surface area contributed by atoms with Gasteiger partial charge in [0, 0.05) is 6.04 Å². The molecule has 70 valence electrons.